The Balaban J connectivity index is 1.20. The SMILES string of the molecule is COc1ccc(-c2ccc(N3CCN(C(=O)CN(C(=O)C4CC4)[C@H](C)c4ccccc4)CC3)nn2)c(OC)c1. The Kier molecular flexibility index (Phi) is 7.95. The maximum absolute atomic E-state index is 13.3. The van der Waals surface area contributed by atoms with Crippen LogP contribution in [-0.4, -0.2) is 78.8 Å². The summed E-state index contributed by atoms with van der Waals surface area (Å²) >= 11 is 0. The third-order valence-electron chi connectivity index (χ3n) is 7.56. The summed E-state index contributed by atoms with van der Waals surface area (Å²) in [5.41, 5.74) is 2.58. The van der Waals surface area contributed by atoms with Gasteiger partial charge in [-0.15, -0.1) is 10.2 Å². The van der Waals surface area contributed by atoms with Crippen molar-refractivity contribution >= 4 is 17.6 Å². The molecule has 2 heterocycles. The number of nitrogens with zero attached hydrogens (tertiary/aromatic N) is 5. The van der Waals surface area contributed by atoms with Crippen molar-refractivity contribution in [2.24, 2.45) is 5.92 Å². The third-order valence-corrected chi connectivity index (χ3v) is 7.56. The molecule has 1 aromatic heterocycles. The lowest BCUT2D eigenvalue weighted by Gasteiger charge is -2.37. The number of amides is 2. The van der Waals surface area contributed by atoms with Crippen molar-refractivity contribution in [2.75, 3.05) is 51.8 Å². The van der Waals surface area contributed by atoms with Crippen LogP contribution < -0.4 is 14.4 Å². The summed E-state index contributed by atoms with van der Waals surface area (Å²) in [5, 5.41) is 8.89. The summed E-state index contributed by atoms with van der Waals surface area (Å²) in [6.45, 7) is 4.54. The Hall–Kier alpha value is -4.14. The van der Waals surface area contributed by atoms with Gasteiger partial charge in [0, 0.05) is 43.7 Å². The second-order valence-corrected chi connectivity index (χ2v) is 10.0. The summed E-state index contributed by atoms with van der Waals surface area (Å²) in [4.78, 5) is 32.1. The van der Waals surface area contributed by atoms with E-state index in [-0.39, 0.29) is 30.3 Å². The van der Waals surface area contributed by atoms with Crippen molar-refractivity contribution in [3.05, 3.63) is 66.2 Å². The highest BCUT2D eigenvalue weighted by Crippen LogP contribution is 2.34. The van der Waals surface area contributed by atoms with Gasteiger partial charge in [0.25, 0.3) is 0 Å². The molecule has 2 fully saturated rings. The molecule has 0 bridgehead atoms. The van der Waals surface area contributed by atoms with Gasteiger partial charge in [-0.3, -0.25) is 9.59 Å². The number of piperazine rings is 1. The average molecular weight is 530 g/mol. The van der Waals surface area contributed by atoms with E-state index in [1.807, 2.05) is 72.5 Å². The molecule has 5 rings (SSSR count). The van der Waals surface area contributed by atoms with Crippen LogP contribution in [0.25, 0.3) is 11.3 Å². The van der Waals surface area contributed by atoms with E-state index in [1.54, 1.807) is 19.1 Å². The lowest BCUT2D eigenvalue weighted by Crippen LogP contribution is -2.52. The van der Waals surface area contributed by atoms with Crippen molar-refractivity contribution < 1.29 is 19.1 Å². The van der Waals surface area contributed by atoms with Crippen molar-refractivity contribution in [2.45, 2.75) is 25.8 Å². The zero-order valence-corrected chi connectivity index (χ0v) is 22.7. The van der Waals surface area contributed by atoms with Gasteiger partial charge in [-0.2, -0.15) is 0 Å². The molecule has 0 unspecified atom stereocenters. The van der Waals surface area contributed by atoms with Crippen LogP contribution in [0.5, 0.6) is 11.5 Å². The van der Waals surface area contributed by atoms with E-state index in [9.17, 15) is 9.59 Å². The summed E-state index contributed by atoms with van der Waals surface area (Å²) in [6, 6.07) is 19.2. The Morgan fingerprint density at radius 3 is 2.31 bits per heavy atom. The Labute approximate surface area is 229 Å². The number of ether oxygens (including phenoxy) is 2. The highest BCUT2D eigenvalue weighted by atomic mass is 16.5. The molecule has 2 aliphatic rings. The number of hydrogen-bond donors (Lipinski definition) is 0. The van der Waals surface area contributed by atoms with E-state index in [4.69, 9.17) is 9.47 Å². The van der Waals surface area contributed by atoms with Crippen LogP contribution in [0.1, 0.15) is 31.4 Å². The molecule has 9 heteroatoms. The molecule has 1 saturated heterocycles. The fraction of sp³-hybridized carbons (Fsp3) is 0.400. The molecule has 204 valence electrons. The number of anilines is 1. The summed E-state index contributed by atoms with van der Waals surface area (Å²) < 4.78 is 10.8. The summed E-state index contributed by atoms with van der Waals surface area (Å²) in [6.07, 6.45) is 1.82. The molecule has 0 radical (unpaired) electrons. The quantitative estimate of drug-likeness (QED) is 0.417. The predicted octanol–water partition coefficient (Wildman–Crippen LogP) is 3.81. The number of hydrogen-bond acceptors (Lipinski definition) is 7. The smallest absolute Gasteiger partial charge is 0.242 e. The topological polar surface area (TPSA) is 88.1 Å². The average Bonchev–Trinajstić information content (AvgIpc) is 3.85. The molecule has 1 aliphatic carbocycles. The van der Waals surface area contributed by atoms with E-state index >= 15 is 0 Å². The minimum atomic E-state index is -0.150. The lowest BCUT2D eigenvalue weighted by atomic mass is 10.1. The van der Waals surface area contributed by atoms with Crippen molar-refractivity contribution in [1.29, 1.82) is 0 Å². The zero-order valence-electron chi connectivity index (χ0n) is 22.7. The van der Waals surface area contributed by atoms with Crippen LogP contribution in [0.15, 0.2) is 60.7 Å². The van der Waals surface area contributed by atoms with Gasteiger partial charge in [0.05, 0.1) is 26.0 Å². The van der Waals surface area contributed by atoms with Gasteiger partial charge < -0.3 is 24.2 Å². The van der Waals surface area contributed by atoms with Gasteiger partial charge in [-0.25, -0.2) is 0 Å². The van der Waals surface area contributed by atoms with Gasteiger partial charge in [-0.05, 0) is 49.6 Å². The lowest BCUT2D eigenvalue weighted by molar-refractivity contribution is -0.143. The molecule has 2 amide bonds. The van der Waals surface area contributed by atoms with Crippen molar-refractivity contribution in [3.8, 4) is 22.8 Å². The van der Waals surface area contributed by atoms with E-state index < -0.39 is 0 Å². The van der Waals surface area contributed by atoms with Crippen LogP contribution in [0.4, 0.5) is 5.82 Å². The molecule has 9 nitrogen and oxygen atoms in total. The Bertz CT molecular complexity index is 1290. The molecular weight excluding hydrogens is 494 g/mol. The van der Waals surface area contributed by atoms with Crippen molar-refractivity contribution in [1.82, 2.24) is 20.0 Å². The second kappa shape index (κ2) is 11.7. The van der Waals surface area contributed by atoms with Crippen LogP contribution >= 0.6 is 0 Å². The van der Waals surface area contributed by atoms with Gasteiger partial charge >= 0.3 is 0 Å². The maximum Gasteiger partial charge on any atom is 0.242 e. The van der Waals surface area contributed by atoms with Crippen LogP contribution in [0.3, 0.4) is 0 Å². The van der Waals surface area contributed by atoms with Gasteiger partial charge in [0.2, 0.25) is 11.8 Å². The zero-order chi connectivity index (χ0) is 27.4. The molecule has 0 N–H and O–H groups in total. The first-order chi connectivity index (χ1) is 19.0. The first kappa shape index (κ1) is 26.5. The molecule has 1 atom stereocenters. The van der Waals surface area contributed by atoms with Gasteiger partial charge in [0.15, 0.2) is 5.82 Å². The van der Waals surface area contributed by atoms with E-state index in [0.29, 0.717) is 43.4 Å². The second-order valence-electron chi connectivity index (χ2n) is 10.0. The number of carbonyl (C=O) groups excluding carboxylic acids is 2. The monoisotopic (exact) mass is 529 g/mol. The molecule has 2 aromatic carbocycles. The van der Waals surface area contributed by atoms with E-state index in [1.165, 1.54) is 0 Å². The standard InChI is InChI=1S/C30H35N5O4/c1-21(22-7-5-4-6-8-22)35(30(37)23-9-10-23)20-29(36)34-17-15-33(16-18-34)28-14-13-26(31-32-28)25-12-11-24(38-2)19-27(25)39-3/h4-8,11-14,19,21,23H,9-10,15-18,20H2,1-3H3/t21-/m1/s1. The Morgan fingerprint density at radius 2 is 1.69 bits per heavy atom. The number of carbonyl (C=O) groups is 2. The number of rotatable bonds is 9. The van der Waals surface area contributed by atoms with E-state index in [0.717, 1.165) is 29.8 Å². The minimum absolute atomic E-state index is 0.0144. The van der Waals surface area contributed by atoms with Gasteiger partial charge in [0.1, 0.15) is 18.0 Å². The van der Waals surface area contributed by atoms with Crippen LogP contribution in [0.2, 0.25) is 0 Å². The highest BCUT2D eigenvalue weighted by molar-refractivity contribution is 5.87. The largest absolute Gasteiger partial charge is 0.497 e. The molecule has 0 spiro atoms. The first-order valence-electron chi connectivity index (χ1n) is 13.4. The normalized spacial score (nSPS) is 16.0. The van der Waals surface area contributed by atoms with Gasteiger partial charge in [-0.1, -0.05) is 30.3 Å². The fourth-order valence-corrected chi connectivity index (χ4v) is 4.96. The molecule has 3 aromatic rings. The van der Waals surface area contributed by atoms with E-state index in [2.05, 4.69) is 15.1 Å². The highest BCUT2D eigenvalue weighted by Gasteiger charge is 2.37. The summed E-state index contributed by atoms with van der Waals surface area (Å²) in [5.74, 6) is 2.27. The maximum atomic E-state index is 13.3. The number of methoxy groups -OCH3 is 2. The number of aromatic nitrogens is 2. The minimum Gasteiger partial charge on any atom is -0.497 e. The third kappa shape index (κ3) is 5.97. The first-order valence-corrected chi connectivity index (χ1v) is 13.4. The molecule has 1 saturated carbocycles. The van der Waals surface area contributed by atoms with Crippen LogP contribution in [-0.2, 0) is 9.59 Å². The predicted molar refractivity (Wildman–Crippen MR) is 149 cm³/mol. The number of benzene rings is 2. The molecule has 39 heavy (non-hydrogen) atoms. The summed E-state index contributed by atoms with van der Waals surface area (Å²) in [7, 11) is 3.23. The van der Waals surface area contributed by atoms with Crippen LogP contribution in [0, 0.1) is 5.92 Å². The fourth-order valence-electron chi connectivity index (χ4n) is 4.96. The molecular formula is C30H35N5O4. The molecule has 1 aliphatic heterocycles. The van der Waals surface area contributed by atoms with Crippen molar-refractivity contribution in [3.63, 3.8) is 0 Å². The Morgan fingerprint density at radius 1 is 0.949 bits per heavy atom.